The summed E-state index contributed by atoms with van der Waals surface area (Å²) >= 11 is 3.32. The number of ether oxygens (including phenoxy) is 1. The molecule has 0 aliphatic carbocycles. The molecule has 0 unspecified atom stereocenters. The highest BCUT2D eigenvalue weighted by Crippen LogP contribution is 2.27. The zero-order chi connectivity index (χ0) is 10.0. The van der Waals surface area contributed by atoms with E-state index < -0.39 is 5.54 Å². The second kappa shape index (κ2) is 3.82. The van der Waals surface area contributed by atoms with E-state index in [2.05, 4.69) is 21.0 Å². The molecule has 1 aliphatic rings. The summed E-state index contributed by atoms with van der Waals surface area (Å²) in [5.41, 5.74) is -0.496. The number of carbonyl (C=O) groups excluding carboxylic acids is 1. The molecule has 1 saturated heterocycles. The minimum Gasteiger partial charge on any atom is -0.381 e. The van der Waals surface area contributed by atoms with E-state index in [4.69, 9.17) is 4.74 Å². The van der Waals surface area contributed by atoms with Crippen LogP contribution in [0.1, 0.15) is 12.8 Å². The van der Waals surface area contributed by atoms with Crippen LogP contribution in [0.25, 0.3) is 0 Å². The van der Waals surface area contributed by atoms with Gasteiger partial charge in [0, 0.05) is 32.3 Å². The fourth-order valence-electron chi connectivity index (χ4n) is 1.67. The lowest BCUT2D eigenvalue weighted by atomic mass is 9.92. The zero-order valence-electron chi connectivity index (χ0n) is 7.65. The molecule has 76 valence electrons. The summed E-state index contributed by atoms with van der Waals surface area (Å²) in [6, 6.07) is 0. The molecule has 0 N–H and O–H groups in total. The third-order valence-electron chi connectivity index (χ3n) is 2.59. The first-order valence-electron chi connectivity index (χ1n) is 4.52. The largest absolute Gasteiger partial charge is 0.381 e. The Kier molecular flexibility index (Phi) is 2.69. The smallest absolute Gasteiger partial charge is 0.147 e. The van der Waals surface area contributed by atoms with Gasteiger partial charge in [-0.05, 0) is 15.9 Å². The highest BCUT2D eigenvalue weighted by Gasteiger charge is 2.34. The van der Waals surface area contributed by atoms with Crippen LogP contribution >= 0.6 is 15.9 Å². The number of rotatable bonds is 2. The number of aldehydes is 1. The molecule has 0 amide bonds. The van der Waals surface area contributed by atoms with Gasteiger partial charge < -0.3 is 9.53 Å². The van der Waals surface area contributed by atoms with Crippen LogP contribution in [0.2, 0.25) is 0 Å². The number of hydrogen-bond donors (Lipinski definition) is 0. The van der Waals surface area contributed by atoms with Gasteiger partial charge in [-0.25, -0.2) is 0 Å². The molecule has 2 heterocycles. The van der Waals surface area contributed by atoms with Crippen LogP contribution in [0.5, 0.6) is 0 Å². The maximum absolute atomic E-state index is 11.2. The molecule has 0 spiro atoms. The minimum atomic E-state index is -0.496. The van der Waals surface area contributed by atoms with Gasteiger partial charge in [-0.3, -0.25) is 4.68 Å². The van der Waals surface area contributed by atoms with Crippen molar-refractivity contribution >= 4 is 22.2 Å². The molecule has 0 aromatic carbocycles. The van der Waals surface area contributed by atoms with Crippen molar-refractivity contribution in [1.82, 2.24) is 9.78 Å². The van der Waals surface area contributed by atoms with Crippen molar-refractivity contribution in [3.05, 3.63) is 16.9 Å². The van der Waals surface area contributed by atoms with Crippen molar-refractivity contribution in [1.29, 1.82) is 0 Å². The number of nitrogens with zero attached hydrogens (tertiary/aromatic N) is 2. The quantitative estimate of drug-likeness (QED) is 0.753. The first-order chi connectivity index (χ1) is 6.77. The van der Waals surface area contributed by atoms with Crippen molar-refractivity contribution in [2.75, 3.05) is 13.2 Å². The van der Waals surface area contributed by atoms with Crippen LogP contribution in [0.3, 0.4) is 0 Å². The van der Waals surface area contributed by atoms with Gasteiger partial charge in [-0.2, -0.15) is 5.10 Å². The Morgan fingerprint density at radius 1 is 1.57 bits per heavy atom. The molecule has 1 aromatic rings. The highest BCUT2D eigenvalue weighted by molar-refractivity contribution is 9.10. The molecule has 14 heavy (non-hydrogen) atoms. The van der Waals surface area contributed by atoms with Crippen LogP contribution in [-0.4, -0.2) is 29.3 Å². The summed E-state index contributed by atoms with van der Waals surface area (Å²) in [4.78, 5) is 11.2. The second-order valence-electron chi connectivity index (χ2n) is 3.44. The first kappa shape index (κ1) is 9.86. The maximum Gasteiger partial charge on any atom is 0.147 e. The van der Waals surface area contributed by atoms with Crippen LogP contribution in [-0.2, 0) is 15.1 Å². The molecule has 0 saturated carbocycles. The lowest BCUT2D eigenvalue weighted by Gasteiger charge is -2.32. The van der Waals surface area contributed by atoms with E-state index in [-0.39, 0.29) is 0 Å². The fraction of sp³-hybridized carbons (Fsp3) is 0.556. The highest BCUT2D eigenvalue weighted by atomic mass is 79.9. The van der Waals surface area contributed by atoms with E-state index in [0.717, 1.165) is 10.8 Å². The van der Waals surface area contributed by atoms with Crippen LogP contribution in [0, 0.1) is 0 Å². The maximum atomic E-state index is 11.2. The van der Waals surface area contributed by atoms with E-state index in [1.807, 2.05) is 6.20 Å². The molecular formula is C9H11BrN2O2. The average Bonchev–Trinajstić information content (AvgIpc) is 2.66. The molecule has 1 aliphatic heterocycles. The summed E-state index contributed by atoms with van der Waals surface area (Å²) in [7, 11) is 0. The van der Waals surface area contributed by atoms with E-state index in [9.17, 15) is 4.79 Å². The number of aromatic nitrogens is 2. The van der Waals surface area contributed by atoms with Gasteiger partial charge in [-0.1, -0.05) is 0 Å². The number of hydrogen-bond acceptors (Lipinski definition) is 3. The van der Waals surface area contributed by atoms with E-state index >= 15 is 0 Å². The molecule has 1 aromatic heterocycles. The van der Waals surface area contributed by atoms with Gasteiger partial charge in [0.25, 0.3) is 0 Å². The number of carbonyl (C=O) groups is 1. The molecule has 5 heteroatoms. The fourth-order valence-corrected chi connectivity index (χ4v) is 1.96. The third-order valence-corrected chi connectivity index (χ3v) is 2.99. The molecule has 4 nitrogen and oxygen atoms in total. The Bertz CT molecular complexity index is 331. The average molecular weight is 259 g/mol. The molecule has 2 rings (SSSR count). The Balaban J connectivity index is 2.31. The first-order valence-corrected chi connectivity index (χ1v) is 5.31. The summed E-state index contributed by atoms with van der Waals surface area (Å²) in [5, 5.41) is 4.17. The van der Waals surface area contributed by atoms with Gasteiger partial charge in [0.05, 0.1) is 10.7 Å². The summed E-state index contributed by atoms with van der Waals surface area (Å²) in [6.07, 6.45) is 5.91. The van der Waals surface area contributed by atoms with Gasteiger partial charge in [0.15, 0.2) is 0 Å². The SMILES string of the molecule is O=CC1(n2cc(Br)cn2)CCOCC1. The second-order valence-corrected chi connectivity index (χ2v) is 4.35. The summed E-state index contributed by atoms with van der Waals surface area (Å²) in [6.45, 7) is 1.24. The zero-order valence-corrected chi connectivity index (χ0v) is 9.24. The molecule has 0 radical (unpaired) electrons. The Morgan fingerprint density at radius 3 is 2.79 bits per heavy atom. The summed E-state index contributed by atoms with van der Waals surface area (Å²) < 4.78 is 7.87. The van der Waals surface area contributed by atoms with Crippen molar-refractivity contribution in [3.63, 3.8) is 0 Å². The van der Waals surface area contributed by atoms with Crippen LogP contribution in [0.4, 0.5) is 0 Å². The van der Waals surface area contributed by atoms with Crippen molar-refractivity contribution in [2.24, 2.45) is 0 Å². The van der Waals surface area contributed by atoms with E-state index in [1.54, 1.807) is 10.9 Å². The molecule has 1 fully saturated rings. The predicted molar refractivity (Wildman–Crippen MR) is 54.0 cm³/mol. The normalized spacial score (nSPS) is 20.6. The third kappa shape index (κ3) is 1.62. The minimum absolute atomic E-state index is 0.496. The van der Waals surface area contributed by atoms with Gasteiger partial charge >= 0.3 is 0 Å². The van der Waals surface area contributed by atoms with E-state index in [1.165, 1.54) is 0 Å². The summed E-state index contributed by atoms with van der Waals surface area (Å²) in [5.74, 6) is 0. The Labute approximate surface area is 90.4 Å². The molecule has 0 atom stereocenters. The predicted octanol–water partition coefficient (Wildman–Crippen LogP) is 1.35. The van der Waals surface area contributed by atoms with Crippen molar-refractivity contribution in [2.45, 2.75) is 18.4 Å². The standard InChI is InChI=1S/C9H11BrN2O2/c10-8-5-11-12(6-8)9(7-13)1-3-14-4-2-9/h5-7H,1-4H2. The molecule has 0 bridgehead atoms. The van der Waals surface area contributed by atoms with Crippen LogP contribution < -0.4 is 0 Å². The number of halogens is 1. The van der Waals surface area contributed by atoms with Gasteiger partial charge in [0.2, 0.25) is 0 Å². The monoisotopic (exact) mass is 258 g/mol. The Morgan fingerprint density at radius 2 is 2.29 bits per heavy atom. The molecular weight excluding hydrogens is 248 g/mol. The van der Waals surface area contributed by atoms with Gasteiger partial charge in [-0.15, -0.1) is 0 Å². The van der Waals surface area contributed by atoms with Crippen LogP contribution in [0.15, 0.2) is 16.9 Å². The lowest BCUT2D eigenvalue weighted by molar-refractivity contribution is -0.120. The van der Waals surface area contributed by atoms with Gasteiger partial charge in [0.1, 0.15) is 11.8 Å². The van der Waals surface area contributed by atoms with Crippen molar-refractivity contribution < 1.29 is 9.53 Å². The van der Waals surface area contributed by atoms with E-state index in [0.29, 0.717) is 26.1 Å². The topological polar surface area (TPSA) is 44.1 Å². The lowest BCUT2D eigenvalue weighted by Crippen LogP contribution is -2.41. The Hall–Kier alpha value is -0.680. The van der Waals surface area contributed by atoms with Crippen molar-refractivity contribution in [3.8, 4) is 0 Å².